The molecule has 0 saturated heterocycles. The summed E-state index contributed by atoms with van der Waals surface area (Å²) in [5.74, 6) is 0.786. The van der Waals surface area contributed by atoms with Crippen molar-refractivity contribution in [3.8, 4) is 0 Å². The Hall–Kier alpha value is -3.15. The zero-order valence-electron chi connectivity index (χ0n) is 15.0. The summed E-state index contributed by atoms with van der Waals surface area (Å²) in [5.41, 5.74) is 3.07. The molecule has 0 spiro atoms. The Morgan fingerprint density at radius 1 is 1.15 bits per heavy atom. The van der Waals surface area contributed by atoms with E-state index >= 15 is 0 Å². The van der Waals surface area contributed by atoms with Crippen LogP contribution in [0.4, 0.5) is 4.79 Å². The van der Waals surface area contributed by atoms with Crippen LogP contribution in [0.1, 0.15) is 28.7 Å². The number of urea groups is 1. The van der Waals surface area contributed by atoms with E-state index in [4.69, 9.17) is 0 Å². The first-order valence-corrected chi connectivity index (χ1v) is 8.61. The maximum Gasteiger partial charge on any atom is 0.315 e. The zero-order chi connectivity index (χ0) is 18.4. The molecule has 134 valence electrons. The van der Waals surface area contributed by atoms with Gasteiger partial charge < -0.3 is 15.2 Å². The fourth-order valence-electron chi connectivity index (χ4n) is 2.75. The van der Waals surface area contributed by atoms with Gasteiger partial charge in [0.2, 0.25) is 0 Å². The second-order valence-corrected chi connectivity index (χ2v) is 6.20. The summed E-state index contributed by atoms with van der Waals surface area (Å²) in [7, 11) is 1.92. The molecule has 6 nitrogen and oxygen atoms in total. The molecule has 1 atom stereocenters. The average molecular weight is 349 g/mol. The minimum absolute atomic E-state index is 0.220. The number of nitrogens with zero attached hydrogens (tertiary/aromatic N) is 3. The molecular weight excluding hydrogens is 326 g/mol. The van der Waals surface area contributed by atoms with E-state index in [2.05, 4.69) is 20.6 Å². The summed E-state index contributed by atoms with van der Waals surface area (Å²) in [4.78, 5) is 21.1. The molecule has 1 aromatic carbocycles. The highest BCUT2D eigenvalue weighted by atomic mass is 16.2. The highest BCUT2D eigenvalue weighted by Crippen LogP contribution is 2.19. The van der Waals surface area contributed by atoms with Crippen LogP contribution in [-0.2, 0) is 13.5 Å². The number of amides is 2. The Bertz CT molecular complexity index is 842. The van der Waals surface area contributed by atoms with Crippen molar-refractivity contribution in [1.29, 1.82) is 0 Å². The van der Waals surface area contributed by atoms with Gasteiger partial charge in [-0.25, -0.2) is 9.78 Å². The molecule has 0 aliphatic rings. The topological polar surface area (TPSA) is 71.8 Å². The standard InChI is InChI=1S/C20H23N5O/c1-15-8-9-16(14-23-15)10-11-22-20(26)24-18(17-6-4-3-5-7-17)19-21-12-13-25(19)2/h3-9,12-14,18H,10-11H2,1-2H3,(H2,22,24,26). The quantitative estimate of drug-likeness (QED) is 0.719. The van der Waals surface area contributed by atoms with E-state index in [1.54, 1.807) is 6.20 Å². The lowest BCUT2D eigenvalue weighted by molar-refractivity contribution is 0.238. The Balaban J connectivity index is 1.62. The van der Waals surface area contributed by atoms with Gasteiger partial charge in [0.05, 0.1) is 0 Å². The Kier molecular flexibility index (Phi) is 5.63. The van der Waals surface area contributed by atoms with Crippen LogP contribution in [-0.4, -0.2) is 27.1 Å². The predicted octanol–water partition coefficient (Wildman–Crippen LogP) is 2.75. The molecule has 3 rings (SSSR count). The first-order valence-electron chi connectivity index (χ1n) is 8.61. The third-order valence-electron chi connectivity index (χ3n) is 4.20. The smallest absolute Gasteiger partial charge is 0.315 e. The predicted molar refractivity (Wildman–Crippen MR) is 101 cm³/mol. The normalized spacial score (nSPS) is 11.8. The van der Waals surface area contributed by atoms with Gasteiger partial charge in [-0.1, -0.05) is 36.4 Å². The van der Waals surface area contributed by atoms with Gasteiger partial charge in [0.25, 0.3) is 0 Å². The minimum atomic E-state index is -0.308. The summed E-state index contributed by atoms with van der Waals surface area (Å²) in [6.07, 6.45) is 6.18. The lowest BCUT2D eigenvalue weighted by atomic mass is 10.1. The molecule has 26 heavy (non-hydrogen) atoms. The first kappa shape index (κ1) is 17.7. The van der Waals surface area contributed by atoms with Crippen molar-refractivity contribution in [2.24, 2.45) is 7.05 Å². The van der Waals surface area contributed by atoms with Crippen molar-refractivity contribution >= 4 is 6.03 Å². The van der Waals surface area contributed by atoms with Crippen LogP contribution in [0.5, 0.6) is 0 Å². The van der Waals surface area contributed by atoms with Crippen molar-refractivity contribution in [1.82, 2.24) is 25.2 Å². The van der Waals surface area contributed by atoms with Gasteiger partial charge in [0.15, 0.2) is 0 Å². The fourth-order valence-corrected chi connectivity index (χ4v) is 2.75. The summed E-state index contributed by atoms with van der Waals surface area (Å²) >= 11 is 0. The molecule has 0 aliphatic heterocycles. The van der Waals surface area contributed by atoms with E-state index in [9.17, 15) is 4.79 Å². The van der Waals surface area contributed by atoms with Crippen molar-refractivity contribution < 1.29 is 4.79 Å². The Morgan fingerprint density at radius 3 is 2.62 bits per heavy atom. The van der Waals surface area contributed by atoms with Crippen molar-refractivity contribution in [3.63, 3.8) is 0 Å². The van der Waals surface area contributed by atoms with E-state index in [1.165, 1.54) is 0 Å². The SMILES string of the molecule is Cc1ccc(CCNC(=O)NC(c2ccccc2)c2nccn2C)cn1. The molecule has 0 fully saturated rings. The molecule has 3 aromatic rings. The second-order valence-electron chi connectivity index (χ2n) is 6.20. The monoisotopic (exact) mass is 349 g/mol. The van der Waals surface area contributed by atoms with Gasteiger partial charge in [-0.3, -0.25) is 4.98 Å². The lowest BCUT2D eigenvalue weighted by Gasteiger charge is -2.19. The third kappa shape index (κ3) is 4.47. The highest BCUT2D eigenvalue weighted by molar-refractivity contribution is 5.74. The fraction of sp³-hybridized carbons (Fsp3) is 0.250. The average Bonchev–Trinajstić information content (AvgIpc) is 3.08. The molecule has 2 N–H and O–H groups in total. The Labute approximate surface area is 153 Å². The third-order valence-corrected chi connectivity index (χ3v) is 4.20. The van der Waals surface area contributed by atoms with Gasteiger partial charge in [-0.15, -0.1) is 0 Å². The van der Waals surface area contributed by atoms with Crippen LogP contribution in [0.15, 0.2) is 61.1 Å². The van der Waals surface area contributed by atoms with E-state index in [-0.39, 0.29) is 12.1 Å². The van der Waals surface area contributed by atoms with Gasteiger partial charge in [-0.2, -0.15) is 0 Å². The number of aryl methyl sites for hydroxylation is 2. The van der Waals surface area contributed by atoms with E-state index in [1.807, 2.05) is 73.4 Å². The molecule has 1 unspecified atom stereocenters. The number of carbonyl (C=O) groups excluding carboxylic acids is 1. The van der Waals surface area contributed by atoms with E-state index < -0.39 is 0 Å². The number of benzene rings is 1. The van der Waals surface area contributed by atoms with Crippen LogP contribution in [0.25, 0.3) is 0 Å². The highest BCUT2D eigenvalue weighted by Gasteiger charge is 2.20. The Morgan fingerprint density at radius 2 is 1.96 bits per heavy atom. The maximum atomic E-state index is 12.4. The molecular formula is C20H23N5O. The maximum absolute atomic E-state index is 12.4. The number of aromatic nitrogens is 3. The van der Waals surface area contributed by atoms with Crippen molar-refractivity contribution in [3.05, 3.63) is 83.7 Å². The van der Waals surface area contributed by atoms with Gasteiger partial charge in [0, 0.05) is 37.9 Å². The number of rotatable bonds is 6. The largest absolute Gasteiger partial charge is 0.338 e. The van der Waals surface area contributed by atoms with Crippen molar-refractivity contribution in [2.75, 3.05) is 6.54 Å². The molecule has 0 radical (unpaired) electrons. The van der Waals surface area contributed by atoms with E-state index in [0.717, 1.165) is 29.1 Å². The van der Waals surface area contributed by atoms with Crippen LogP contribution < -0.4 is 10.6 Å². The number of nitrogens with one attached hydrogen (secondary N) is 2. The van der Waals surface area contributed by atoms with Crippen LogP contribution >= 0.6 is 0 Å². The summed E-state index contributed by atoms with van der Waals surface area (Å²) in [6, 6.07) is 13.3. The summed E-state index contributed by atoms with van der Waals surface area (Å²) < 4.78 is 1.91. The summed E-state index contributed by atoms with van der Waals surface area (Å²) in [6.45, 7) is 2.50. The number of pyridine rings is 1. The number of carbonyl (C=O) groups is 1. The molecule has 6 heteroatoms. The van der Waals surface area contributed by atoms with Gasteiger partial charge >= 0.3 is 6.03 Å². The van der Waals surface area contributed by atoms with Gasteiger partial charge in [-0.05, 0) is 30.5 Å². The van der Waals surface area contributed by atoms with Crippen molar-refractivity contribution in [2.45, 2.75) is 19.4 Å². The lowest BCUT2D eigenvalue weighted by Crippen LogP contribution is -2.40. The number of hydrogen-bond donors (Lipinski definition) is 2. The number of imidazole rings is 1. The molecule has 2 amide bonds. The second kappa shape index (κ2) is 8.29. The van der Waals surface area contributed by atoms with E-state index in [0.29, 0.717) is 6.54 Å². The van der Waals surface area contributed by atoms with Crippen LogP contribution in [0, 0.1) is 6.92 Å². The molecule has 0 aliphatic carbocycles. The zero-order valence-corrected chi connectivity index (χ0v) is 15.0. The molecule has 0 bridgehead atoms. The van der Waals surface area contributed by atoms with Gasteiger partial charge in [0.1, 0.15) is 11.9 Å². The summed E-state index contributed by atoms with van der Waals surface area (Å²) in [5, 5.41) is 5.94. The minimum Gasteiger partial charge on any atom is -0.338 e. The molecule has 2 heterocycles. The molecule has 2 aromatic heterocycles. The molecule has 0 saturated carbocycles. The number of hydrogen-bond acceptors (Lipinski definition) is 3. The first-order chi connectivity index (χ1) is 12.6. The van der Waals surface area contributed by atoms with Crippen LogP contribution in [0.2, 0.25) is 0 Å². The van der Waals surface area contributed by atoms with Crippen LogP contribution in [0.3, 0.4) is 0 Å².